The Hall–Kier alpha value is -8.78. The molecule has 0 aliphatic heterocycles. The van der Waals surface area contributed by atoms with Crippen LogP contribution >= 0.6 is 0 Å². The zero-order valence-corrected chi connectivity index (χ0v) is 41.9. The van der Waals surface area contributed by atoms with E-state index in [0.29, 0.717) is 0 Å². The van der Waals surface area contributed by atoms with Gasteiger partial charge < -0.3 is 5.32 Å². The third-order valence-corrected chi connectivity index (χ3v) is 15.4. The minimum Gasteiger partial charge on any atom is -0.355 e. The molecule has 0 saturated carbocycles. The van der Waals surface area contributed by atoms with Crippen molar-refractivity contribution in [3.63, 3.8) is 0 Å². The molecule has 73 heavy (non-hydrogen) atoms. The fourth-order valence-corrected chi connectivity index (χ4v) is 11.3. The van der Waals surface area contributed by atoms with E-state index in [1.54, 1.807) is 0 Å². The quantitative estimate of drug-likeness (QED) is 0.160. The lowest BCUT2D eigenvalue weighted by Crippen LogP contribution is -2.15. The van der Waals surface area contributed by atoms with Crippen LogP contribution in [0.5, 0.6) is 0 Å². The van der Waals surface area contributed by atoms with Crippen molar-refractivity contribution < 1.29 is 0 Å². The monoisotopic (exact) mass is 935 g/mol. The van der Waals surface area contributed by atoms with Crippen molar-refractivity contribution in [2.45, 2.75) is 38.5 Å². The van der Waals surface area contributed by atoms with Crippen LogP contribution < -0.4 is 5.32 Å². The molecule has 0 spiro atoms. The molecule has 11 aromatic carbocycles. The van der Waals surface area contributed by atoms with E-state index in [1.807, 2.05) is 0 Å². The lowest BCUT2D eigenvalue weighted by Gasteiger charge is -2.23. The summed E-state index contributed by atoms with van der Waals surface area (Å²) in [6.45, 7) is 9.37. The lowest BCUT2D eigenvalue weighted by atomic mass is 9.81. The molecule has 2 aliphatic carbocycles. The van der Waals surface area contributed by atoms with Gasteiger partial charge >= 0.3 is 0 Å². The number of hydrogen-bond acceptors (Lipinski definition) is 1. The molecule has 0 unspecified atom stereocenters. The molecule has 1 heteroatoms. The highest BCUT2D eigenvalue weighted by Gasteiger charge is 2.37. The summed E-state index contributed by atoms with van der Waals surface area (Å²) in [6.07, 6.45) is 0. The van der Waals surface area contributed by atoms with Crippen molar-refractivity contribution >= 4 is 11.4 Å². The van der Waals surface area contributed by atoms with Crippen LogP contribution in [0, 0.1) is 0 Å². The van der Waals surface area contributed by atoms with Crippen LogP contribution in [0.25, 0.3) is 89.0 Å². The molecule has 0 heterocycles. The molecule has 2 aliphatic rings. The Morgan fingerprint density at radius 3 is 1.00 bits per heavy atom. The van der Waals surface area contributed by atoms with Gasteiger partial charge in [0.2, 0.25) is 0 Å². The van der Waals surface area contributed by atoms with E-state index in [9.17, 15) is 0 Å². The number of nitrogens with one attached hydrogen (secondary N) is 1. The first kappa shape index (κ1) is 45.4. The van der Waals surface area contributed by atoms with E-state index in [2.05, 4.69) is 300 Å². The molecule has 1 nitrogen and oxygen atoms in total. The van der Waals surface area contributed by atoms with Gasteiger partial charge in [0.15, 0.2) is 0 Å². The van der Waals surface area contributed by atoms with Gasteiger partial charge in [-0.15, -0.1) is 0 Å². The fraction of sp³-hybridized carbons (Fsp3) is 0.0833. The lowest BCUT2D eigenvalue weighted by molar-refractivity contribution is 0.660. The Bertz CT molecular complexity index is 3750. The van der Waals surface area contributed by atoms with E-state index >= 15 is 0 Å². The standard InChI is InChI=1S/C51H39N.C21H18/c1-51(2)48-33-43(41-23-21-40(22-24-41)39-19-17-37(18-20-39)35-11-5-3-6-12-35)29-31-46(48)47-32-30-44(34-49(47)51)52-50-16-10-9-15-45(50)42-27-25-38(26-28-42)36-13-7-4-8-14-36;1-21(2)19-11-7-6-10-17(19)18-13-12-16(14-20(18)21)15-8-4-3-5-9-15/h3-34,52H,1-2H3;3-14H,1-2H3. The highest BCUT2D eigenvalue weighted by atomic mass is 14.9. The van der Waals surface area contributed by atoms with E-state index in [-0.39, 0.29) is 10.8 Å². The van der Waals surface area contributed by atoms with Crippen molar-refractivity contribution in [3.05, 3.63) is 289 Å². The highest BCUT2D eigenvalue weighted by molar-refractivity contribution is 5.88. The number of benzene rings is 11. The van der Waals surface area contributed by atoms with Crippen LogP contribution in [-0.2, 0) is 10.8 Å². The summed E-state index contributed by atoms with van der Waals surface area (Å²) in [5.41, 5.74) is 28.0. The fourth-order valence-electron chi connectivity index (χ4n) is 11.3. The van der Waals surface area contributed by atoms with Crippen molar-refractivity contribution in [1.29, 1.82) is 0 Å². The van der Waals surface area contributed by atoms with E-state index in [1.165, 1.54) is 111 Å². The molecular formula is C72H57N. The van der Waals surface area contributed by atoms with Gasteiger partial charge in [-0.2, -0.15) is 0 Å². The van der Waals surface area contributed by atoms with Crippen molar-refractivity contribution in [3.8, 4) is 89.0 Å². The van der Waals surface area contributed by atoms with Gasteiger partial charge in [0, 0.05) is 27.8 Å². The molecule has 0 saturated heterocycles. The Labute approximate surface area is 431 Å². The molecule has 13 rings (SSSR count). The third kappa shape index (κ3) is 8.58. The summed E-state index contributed by atoms with van der Waals surface area (Å²) in [5.74, 6) is 0. The molecule has 350 valence electrons. The normalized spacial score (nSPS) is 13.2. The Kier molecular flexibility index (Phi) is 11.7. The summed E-state index contributed by atoms with van der Waals surface area (Å²) in [4.78, 5) is 0. The van der Waals surface area contributed by atoms with Crippen LogP contribution in [0.15, 0.2) is 267 Å². The Morgan fingerprint density at radius 1 is 0.219 bits per heavy atom. The molecular weight excluding hydrogens is 879 g/mol. The number of hydrogen-bond donors (Lipinski definition) is 1. The van der Waals surface area contributed by atoms with Crippen molar-refractivity contribution in [1.82, 2.24) is 0 Å². The molecule has 0 amide bonds. The van der Waals surface area contributed by atoms with Gasteiger partial charge in [0.1, 0.15) is 0 Å². The summed E-state index contributed by atoms with van der Waals surface area (Å²) in [5, 5.41) is 3.78. The largest absolute Gasteiger partial charge is 0.355 e. The van der Waals surface area contributed by atoms with Gasteiger partial charge in [-0.3, -0.25) is 0 Å². The number of rotatable bonds is 8. The van der Waals surface area contributed by atoms with Gasteiger partial charge in [-0.05, 0) is 136 Å². The molecule has 0 atom stereocenters. The van der Waals surface area contributed by atoms with Crippen LogP contribution in [0.1, 0.15) is 49.9 Å². The maximum Gasteiger partial charge on any atom is 0.0463 e. The van der Waals surface area contributed by atoms with Crippen molar-refractivity contribution in [2.24, 2.45) is 0 Å². The molecule has 0 radical (unpaired) electrons. The minimum atomic E-state index is -0.133. The van der Waals surface area contributed by atoms with Crippen molar-refractivity contribution in [2.75, 3.05) is 5.32 Å². The average molecular weight is 936 g/mol. The van der Waals surface area contributed by atoms with E-state index < -0.39 is 0 Å². The molecule has 0 aromatic heterocycles. The van der Waals surface area contributed by atoms with Gasteiger partial charge in [-0.1, -0.05) is 264 Å². The summed E-state index contributed by atoms with van der Waals surface area (Å²) in [7, 11) is 0. The minimum absolute atomic E-state index is 0.0801. The van der Waals surface area contributed by atoms with E-state index in [0.717, 1.165) is 11.4 Å². The summed E-state index contributed by atoms with van der Waals surface area (Å²) in [6, 6.07) is 96.6. The second-order valence-corrected chi connectivity index (χ2v) is 20.6. The first-order valence-corrected chi connectivity index (χ1v) is 25.6. The van der Waals surface area contributed by atoms with Crippen LogP contribution in [0.3, 0.4) is 0 Å². The van der Waals surface area contributed by atoms with Gasteiger partial charge in [0.05, 0.1) is 0 Å². The number of anilines is 2. The second kappa shape index (κ2) is 18.8. The van der Waals surface area contributed by atoms with Crippen LogP contribution in [0.2, 0.25) is 0 Å². The number of para-hydroxylation sites is 1. The molecule has 0 bridgehead atoms. The highest BCUT2D eigenvalue weighted by Crippen LogP contribution is 2.52. The topological polar surface area (TPSA) is 12.0 Å². The third-order valence-electron chi connectivity index (χ3n) is 15.4. The predicted molar refractivity (Wildman–Crippen MR) is 310 cm³/mol. The van der Waals surface area contributed by atoms with Crippen LogP contribution in [-0.4, -0.2) is 0 Å². The summed E-state index contributed by atoms with van der Waals surface area (Å²) < 4.78 is 0. The zero-order chi connectivity index (χ0) is 49.5. The smallest absolute Gasteiger partial charge is 0.0463 e. The Balaban J connectivity index is 0.000000214. The predicted octanol–water partition coefficient (Wildman–Crippen LogP) is 19.7. The maximum absolute atomic E-state index is 3.78. The van der Waals surface area contributed by atoms with Crippen LogP contribution in [0.4, 0.5) is 11.4 Å². The maximum atomic E-state index is 3.78. The van der Waals surface area contributed by atoms with Gasteiger partial charge in [-0.25, -0.2) is 0 Å². The van der Waals surface area contributed by atoms with Gasteiger partial charge in [0.25, 0.3) is 0 Å². The first-order valence-electron chi connectivity index (χ1n) is 25.6. The molecule has 1 N–H and O–H groups in total. The number of fused-ring (bicyclic) bond motifs is 6. The second-order valence-electron chi connectivity index (χ2n) is 20.6. The first-order chi connectivity index (χ1) is 35.7. The zero-order valence-electron chi connectivity index (χ0n) is 41.9. The summed E-state index contributed by atoms with van der Waals surface area (Å²) >= 11 is 0. The SMILES string of the molecule is CC1(C)c2cc(Nc3ccccc3-c3ccc(-c4ccccc4)cc3)ccc2-c2ccc(-c3ccc(-c4ccc(-c5ccccc5)cc4)cc3)cc21.CC1(C)c2ccccc2-c2ccc(-c3ccccc3)cc21. The average Bonchev–Trinajstić information content (AvgIpc) is 3.82. The Morgan fingerprint density at radius 2 is 0.521 bits per heavy atom. The molecule has 0 fully saturated rings. The van der Waals surface area contributed by atoms with E-state index in [4.69, 9.17) is 0 Å². The molecule has 11 aromatic rings.